The lowest BCUT2D eigenvalue weighted by Gasteiger charge is -2.17. The number of carbonyl (C=O) groups excluding carboxylic acids is 1. The Morgan fingerprint density at radius 3 is 2.68 bits per heavy atom. The second kappa shape index (κ2) is 5.43. The predicted octanol–water partition coefficient (Wildman–Crippen LogP) is 1.93. The Morgan fingerprint density at radius 1 is 1.26 bits per heavy atom. The van der Waals surface area contributed by atoms with Crippen LogP contribution in [0.25, 0.3) is 0 Å². The van der Waals surface area contributed by atoms with E-state index in [1.165, 1.54) is 12.3 Å². The minimum atomic E-state index is -0.619. The highest BCUT2D eigenvalue weighted by atomic mass is 19.1. The number of hydrogen-bond donors (Lipinski definition) is 1. The van der Waals surface area contributed by atoms with Crippen molar-refractivity contribution in [1.29, 1.82) is 0 Å². The van der Waals surface area contributed by atoms with E-state index >= 15 is 0 Å². The van der Waals surface area contributed by atoms with Crippen LogP contribution in [0.3, 0.4) is 0 Å². The highest BCUT2D eigenvalue weighted by Crippen LogP contribution is 2.22. The van der Waals surface area contributed by atoms with Gasteiger partial charge in [0.1, 0.15) is 0 Å². The Labute approximate surface area is 110 Å². The lowest BCUT2D eigenvalue weighted by Crippen LogP contribution is -2.17. The summed E-state index contributed by atoms with van der Waals surface area (Å²) < 4.78 is 12.7. The van der Waals surface area contributed by atoms with Gasteiger partial charge in [-0.2, -0.15) is 4.39 Å². The molecule has 98 valence electrons. The quantitative estimate of drug-likeness (QED) is 0.857. The van der Waals surface area contributed by atoms with E-state index in [0.717, 1.165) is 11.8 Å². The molecule has 19 heavy (non-hydrogen) atoms. The van der Waals surface area contributed by atoms with Crippen LogP contribution in [0.1, 0.15) is 10.4 Å². The molecule has 6 heteroatoms. The van der Waals surface area contributed by atoms with Crippen molar-refractivity contribution in [2.24, 2.45) is 0 Å². The SMILES string of the molecule is CN(C)c1ccncc1NC(=O)c1ccc(F)nc1. The van der Waals surface area contributed by atoms with E-state index < -0.39 is 5.95 Å². The number of pyridine rings is 2. The Bertz CT molecular complexity index is 583. The fraction of sp³-hybridized carbons (Fsp3) is 0.154. The zero-order valence-corrected chi connectivity index (χ0v) is 10.6. The van der Waals surface area contributed by atoms with Crippen LogP contribution in [0.4, 0.5) is 15.8 Å². The van der Waals surface area contributed by atoms with Crippen molar-refractivity contribution in [2.45, 2.75) is 0 Å². The fourth-order valence-corrected chi connectivity index (χ4v) is 1.58. The minimum absolute atomic E-state index is 0.287. The maximum absolute atomic E-state index is 12.7. The molecule has 0 saturated heterocycles. The summed E-state index contributed by atoms with van der Waals surface area (Å²) in [4.78, 5) is 21.3. The molecule has 0 unspecified atom stereocenters. The smallest absolute Gasteiger partial charge is 0.257 e. The summed E-state index contributed by atoms with van der Waals surface area (Å²) in [7, 11) is 3.73. The van der Waals surface area contributed by atoms with E-state index in [4.69, 9.17) is 0 Å². The predicted molar refractivity (Wildman–Crippen MR) is 70.7 cm³/mol. The molecule has 0 aliphatic carbocycles. The topological polar surface area (TPSA) is 58.1 Å². The van der Waals surface area contributed by atoms with Gasteiger partial charge < -0.3 is 10.2 Å². The average molecular weight is 260 g/mol. The zero-order valence-electron chi connectivity index (χ0n) is 10.6. The molecular weight excluding hydrogens is 247 g/mol. The number of halogens is 1. The molecule has 0 aliphatic rings. The van der Waals surface area contributed by atoms with E-state index in [2.05, 4.69) is 15.3 Å². The first kappa shape index (κ1) is 12.9. The summed E-state index contributed by atoms with van der Waals surface area (Å²) >= 11 is 0. The van der Waals surface area contributed by atoms with E-state index in [-0.39, 0.29) is 11.5 Å². The number of rotatable bonds is 3. The van der Waals surface area contributed by atoms with Gasteiger partial charge in [-0.15, -0.1) is 0 Å². The van der Waals surface area contributed by atoms with Gasteiger partial charge in [0, 0.05) is 26.5 Å². The third-order valence-corrected chi connectivity index (χ3v) is 2.52. The number of amides is 1. The number of nitrogens with one attached hydrogen (secondary N) is 1. The molecule has 0 aromatic carbocycles. The summed E-state index contributed by atoms with van der Waals surface area (Å²) in [6.07, 6.45) is 4.39. The Balaban J connectivity index is 2.22. The normalized spacial score (nSPS) is 10.1. The van der Waals surface area contributed by atoms with Crippen LogP contribution < -0.4 is 10.2 Å². The van der Waals surface area contributed by atoms with Gasteiger partial charge in [0.05, 0.1) is 23.1 Å². The minimum Gasteiger partial charge on any atom is -0.376 e. The van der Waals surface area contributed by atoms with Crippen molar-refractivity contribution in [3.63, 3.8) is 0 Å². The monoisotopic (exact) mass is 260 g/mol. The van der Waals surface area contributed by atoms with Crippen LogP contribution in [-0.2, 0) is 0 Å². The van der Waals surface area contributed by atoms with Crippen molar-refractivity contribution in [3.8, 4) is 0 Å². The first-order valence-corrected chi connectivity index (χ1v) is 5.62. The van der Waals surface area contributed by atoms with Gasteiger partial charge in [-0.3, -0.25) is 9.78 Å². The number of carbonyl (C=O) groups is 1. The second-order valence-corrected chi connectivity index (χ2v) is 4.11. The van der Waals surface area contributed by atoms with Gasteiger partial charge in [-0.25, -0.2) is 4.98 Å². The molecule has 0 fully saturated rings. The Morgan fingerprint density at radius 2 is 2.05 bits per heavy atom. The molecule has 0 saturated carbocycles. The van der Waals surface area contributed by atoms with E-state index in [9.17, 15) is 9.18 Å². The Hall–Kier alpha value is -2.50. The molecule has 1 N–H and O–H groups in total. The molecule has 0 spiro atoms. The largest absolute Gasteiger partial charge is 0.376 e. The highest BCUT2D eigenvalue weighted by molar-refractivity contribution is 6.05. The van der Waals surface area contributed by atoms with Crippen molar-refractivity contribution in [1.82, 2.24) is 9.97 Å². The van der Waals surface area contributed by atoms with Crippen molar-refractivity contribution < 1.29 is 9.18 Å². The molecule has 2 aromatic rings. The van der Waals surface area contributed by atoms with Gasteiger partial charge in [-0.05, 0) is 18.2 Å². The standard InChI is InChI=1S/C13H13FN4O/c1-18(2)11-5-6-15-8-10(11)17-13(19)9-3-4-12(14)16-7-9/h3-8H,1-2H3,(H,17,19). The number of aromatic nitrogens is 2. The lowest BCUT2D eigenvalue weighted by atomic mass is 10.2. The van der Waals surface area contributed by atoms with Crippen LogP contribution in [0, 0.1) is 5.95 Å². The molecule has 2 aromatic heterocycles. The summed E-state index contributed by atoms with van der Waals surface area (Å²) in [6, 6.07) is 4.31. The highest BCUT2D eigenvalue weighted by Gasteiger charge is 2.10. The van der Waals surface area contributed by atoms with Gasteiger partial charge in [-0.1, -0.05) is 0 Å². The average Bonchev–Trinajstić information content (AvgIpc) is 2.39. The van der Waals surface area contributed by atoms with Crippen LogP contribution in [0.15, 0.2) is 36.8 Å². The van der Waals surface area contributed by atoms with Crippen LogP contribution >= 0.6 is 0 Å². The van der Waals surface area contributed by atoms with E-state index in [1.54, 1.807) is 18.5 Å². The Kier molecular flexibility index (Phi) is 3.70. The first-order chi connectivity index (χ1) is 9.08. The van der Waals surface area contributed by atoms with Gasteiger partial charge >= 0.3 is 0 Å². The maximum Gasteiger partial charge on any atom is 0.257 e. The number of hydrogen-bond acceptors (Lipinski definition) is 4. The molecule has 0 atom stereocenters. The molecule has 0 radical (unpaired) electrons. The molecular formula is C13H13FN4O. The number of anilines is 2. The van der Waals surface area contributed by atoms with E-state index in [0.29, 0.717) is 5.69 Å². The van der Waals surface area contributed by atoms with Crippen LogP contribution in [0.2, 0.25) is 0 Å². The van der Waals surface area contributed by atoms with Crippen molar-refractivity contribution in [2.75, 3.05) is 24.3 Å². The van der Waals surface area contributed by atoms with Crippen molar-refractivity contribution >= 4 is 17.3 Å². The first-order valence-electron chi connectivity index (χ1n) is 5.62. The molecule has 2 heterocycles. The van der Waals surface area contributed by atoms with Gasteiger partial charge in [0.2, 0.25) is 5.95 Å². The van der Waals surface area contributed by atoms with E-state index in [1.807, 2.05) is 19.0 Å². The van der Waals surface area contributed by atoms with Crippen LogP contribution in [-0.4, -0.2) is 30.0 Å². The third-order valence-electron chi connectivity index (χ3n) is 2.52. The van der Waals surface area contributed by atoms with Crippen molar-refractivity contribution in [3.05, 3.63) is 48.3 Å². The second-order valence-electron chi connectivity index (χ2n) is 4.11. The summed E-state index contributed by atoms with van der Waals surface area (Å²) in [5.74, 6) is -0.976. The third kappa shape index (κ3) is 3.04. The summed E-state index contributed by atoms with van der Waals surface area (Å²) in [5.41, 5.74) is 1.70. The zero-order chi connectivity index (χ0) is 13.8. The maximum atomic E-state index is 12.7. The van der Waals surface area contributed by atoms with Gasteiger partial charge in [0.15, 0.2) is 0 Å². The summed E-state index contributed by atoms with van der Waals surface area (Å²) in [5, 5.41) is 2.72. The lowest BCUT2D eigenvalue weighted by molar-refractivity contribution is 0.102. The fourth-order valence-electron chi connectivity index (χ4n) is 1.58. The summed E-state index contributed by atoms with van der Waals surface area (Å²) in [6.45, 7) is 0. The molecule has 5 nitrogen and oxygen atoms in total. The van der Waals surface area contributed by atoms with Crippen LogP contribution in [0.5, 0.6) is 0 Å². The molecule has 1 amide bonds. The number of nitrogens with zero attached hydrogens (tertiary/aromatic N) is 3. The molecule has 0 aliphatic heterocycles. The van der Waals surface area contributed by atoms with Gasteiger partial charge in [0.25, 0.3) is 5.91 Å². The molecule has 0 bridgehead atoms. The molecule has 2 rings (SSSR count).